The summed E-state index contributed by atoms with van der Waals surface area (Å²) in [5.74, 6) is 5.39. The fourth-order valence-electron chi connectivity index (χ4n) is 1.33. The van der Waals surface area contributed by atoms with Crippen LogP contribution in [0.5, 0.6) is 0 Å². The van der Waals surface area contributed by atoms with Crippen molar-refractivity contribution >= 4 is 0 Å². The molecule has 9 heavy (non-hydrogen) atoms. The van der Waals surface area contributed by atoms with Gasteiger partial charge >= 0.3 is 0 Å². The molecule has 48 valence electrons. The first-order valence-electron chi connectivity index (χ1n) is 3.19. The number of rotatable bonds is 0. The Bertz CT molecular complexity index is 205. The highest BCUT2D eigenvalue weighted by Crippen LogP contribution is 2.18. The third-order valence-corrected chi connectivity index (χ3v) is 1.75. The summed E-state index contributed by atoms with van der Waals surface area (Å²) in [6.07, 6.45) is 5.42. The largest absolute Gasteiger partial charge is 0.323 e. The second kappa shape index (κ2) is 1.50. The highest BCUT2D eigenvalue weighted by Gasteiger charge is 2.13. The average Bonchev–Trinajstić information content (AvgIpc) is 2.22. The maximum atomic E-state index is 5.39. The van der Waals surface area contributed by atoms with Crippen molar-refractivity contribution in [3.63, 3.8) is 0 Å². The minimum Gasteiger partial charge on any atom is -0.323 e. The highest BCUT2D eigenvalue weighted by molar-refractivity contribution is 5.21. The van der Waals surface area contributed by atoms with Gasteiger partial charge in [0.25, 0.3) is 0 Å². The van der Waals surface area contributed by atoms with E-state index in [1.54, 1.807) is 0 Å². The molecular weight excluding hydrogens is 114 g/mol. The van der Waals surface area contributed by atoms with Crippen molar-refractivity contribution < 1.29 is 0 Å². The van der Waals surface area contributed by atoms with Gasteiger partial charge in [0.1, 0.15) is 0 Å². The number of hydrogen-bond donors (Lipinski definition) is 1. The van der Waals surface area contributed by atoms with E-state index in [4.69, 9.17) is 5.84 Å². The maximum Gasteiger partial charge on any atom is 0.0677 e. The van der Waals surface area contributed by atoms with Gasteiger partial charge in [-0.3, -0.25) is 0 Å². The lowest BCUT2D eigenvalue weighted by Gasteiger charge is -1.86. The summed E-state index contributed by atoms with van der Waals surface area (Å²) in [6.45, 7) is 0. The molecule has 0 saturated carbocycles. The second-order valence-corrected chi connectivity index (χ2v) is 2.43. The van der Waals surface area contributed by atoms with Crippen molar-refractivity contribution in [1.29, 1.82) is 0 Å². The van der Waals surface area contributed by atoms with Crippen LogP contribution >= 0.6 is 0 Å². The van der Waals surface area contributed by atoms with Gasteiger partial charge in [0.15, 0.2) is 0 Å². The lowest BCUT2D eigenvalue weighted by molar-refractivity contribution is 0.772. The number of aryl methyl sites for hydroxylation is 2. The lowest BCUT2D eigenvalue weighted by Crippen LogP contribution is -2.08. The summed E-state index contributed by atoms with van der Waals surface area (Å²) in [6, 6.07) is 0. The van der Waals surface area contributed by atoms with E-state index < -0.39 is 0 Å². The van der Waals surface area contributed by atoms with E-state index in [2.05, 4.69) is 5.10 Å². The van der Waals surface area contributed by atoms with Gasteiger partial charge in [-0.1, -0.05) is 0 Å². The molecule has 3 nitrogen and oxygen atoms in total. The molecule has 1 aromatic rings. The van der Waals surface area contributed by atoms with Crippen molar-refractivity contribution in [2.45, 2.75) is 19.3 Å². The molecule has 3 heteroatoms. The zero-order valence-corrected chi connectivity index (χ0v) is 5.17. The monoisotopic (exact) mass is 123 g/mol. The first kappa shape index (κ1) is 4.85. The summed E-state index contributed by atoms with van der Waals surface area (Å²) < 4.78 is 0. The van der Waals surface area contributed by atoms with Crippen molar-refractivity contribution in [1.82, 2.24) is 9.89 Å². The Kier molecular flexibility index (Phi) is 0.806. The smallest absolute Gasteiger partial charge is 0.0677 e. The van der Waals surface area contributed by atoms with E-state index >= 15 is 0 Å². The molecule has 0 fully saturated rings. The van der Waals surface area contributed by atoms with E-state index in [0.717, 1.165) is 12.8 Å². The van der Waals surface area contributed by atoms with Crippen LogP contribution in [0.4, 0.5) is 0 Å². The topological polar surface area (TPSA) is 43.8 Å². The van der Waals surface area contributed by atoms with Gasteiger partial charge in [0.2, 0.25) is 0 Å². The number of fused-ring (bicyclic) bond motifs is 1. The molecule has 0 saturated heterocycles. The Morgan fingerprint density at radius 2 is 2.44 bits per heavy atom. The lowest BCUT2D eigenvalue weighted by atomic mass is 10.3. The van der Waals surface area contributed by atoms with Crippen LogP contribution in [0.25, 0.3) is 0 Å². The molecule has 0 bridgehead atoms. The Morgan fingerprint density at radius 3 is 3.22 bits per heavy atom. The van der Waals surface area contributed by atoms with E-state index in [1.165, 1.54) is 22.5 Å². The van der Waals surface area contributed by atoms with Gasteiger partial charge in [0.05, 0.1) is 11.9 Å². The van der Waals surface area contributed by atoms with Gasteiger partial charge in [-0.2, -0.15) is 9.89 Å². The Labute approximate surface area is 53.4 Å². The minimum atomic E-state index is 1.11. The van der Waals surface area contributed by atoms with E-state index in [-0.39, 0.29) is 0 Å². The van der Waals surface area contributed by atoms with Gasteiger partial charge in [0, 0.05) is 0 Å². The summed E-state index contributed by atoms with van der Waals surface area (Å²) in [5, 5.41) is 4.09. The van der Waals surface area contributed by atoms with E-state index in [0.29, 0.717) is 0 Å². The predicted octanol–water partition coefficient (Wildman–Crippen LogP) is 0.0856. The Hall–Kier alpha value is -0.990. The van der Waals surface area contributed by atoms with E-state index in [1.807, 2.05) is 6.20 Å². The summed E-state index contributed by atoms with van der Waals surface area (Å²) >= 11 is 0. The van der Waals surface area contributed by atoms with Crippen LogP contribution in [0, 0.1) is 0 Å². The molecule has 0 amide bonds. The van der Waals surface area contributed by atoms with Crippen molar-refractivity contribution in [2.24, 2.45) is 0 Å². The second-order valence-electron chi connectivity index (χ2n) is 2.43. The van der Waals surface area contributed by atoms with Crippen LogP contribution in [0.3, 0.4) is 0 Å². The molecule has 1 aliphatic carbocycles. The fourth-order valence-corrected chi connectivity index (χ4v) is 1.33. The number of hydrogen-bond acceptors (Lipinski definition) is 2. The van der Waals surface area contributed by atoms with Crippen LogP contribution in [-0.2, 0) is 12.8 Å². The molecule has 0 atom stereocenters. The zero-order valence-electron chi connectivity index (χ0n) is 5.17. The van der Waals surface area contributed by atoms with Gasteiger partial charge < -0.3 is 5.84 Å². The van der Waals surface area contributed by atoms with Crippen LogP contribution < -0.4 is 5.84 Å². The molecule has 2 N–H and O–H groups in total. The van der Waals surface area contributed by atoms with Crippen LogP contribution in [0.15, 0.2) is 6.20 Å². The summed E-state index contributed by atoms with van der Waals surface area (Å²) in [5.41, 5.74) is 2.52. The number of nitrogens with zero attached hydrogens (tertiary/aromatic N) is 2. The van der Waals surface area contributed by atoms with Gasteiger partial charge in [-0.15, -0.1) is 0 Å². The minimum absolute atomic E-state index is 1.11. The molecular formula is C6H9N3. The molecule has 0 unspecified atom stereocenters. The number of aromatic nitrogens is 2. The molecule has 0 aromatic carbocycles. The molecule has 2 rings (SSSR count). The van der Waals surface area contributed by atoms with Crippen molar-refractivity contribution in [3.8, 4) is 0 Å². The number of nitrogens with two attached hydrogens (primary N) is 1. The van der Waals surface area contributed by atoms with Crippen LogP contribution in [0.2, 0.25) is 0 Å². The molecule has 0 aliphatic heterocycles. The predicted molar refractivity (Wildman–Crippen MR) is 34.4 cm³/mol. The quantitative estimate of drug-likeness (QED) is 0.497. The Morgan fingerprint density at radius 1 is 1.56 bits per heavy atom. The SMILES string of the molecule is Nn1cc2c(n1)CCC2. The molecule has 0 radical (unpaired) electrons. The fraction of sp³-hybridized carbons (Fsp3) is 0.500. The van der Waals surface area contributed by atoms with Crippen LogP contribution in [0.1, 0.15) is 17.7 Å². The zero-order chi connectivity index (χ0) is 6.27. The summed E-state index contributed by atoms with van der Waals surface area (Å²) in [4.78, 5) is 1.41. The molecule has 1 aromatic heterocycles. The first-order valence-corrected chi connectivity index (χ1v) is 3.19. The van der Waals surface area contributed by atoms with Gasteiger partial charge in [-0.25, -0.2) is 0 Å². The average molecular weight is 123 g/mol. The standard InChI is InChI=1S/C6H9N3/c7-9-4-5-2-1-3-6(5)8-9/h4H,1-3,7H2. The van der Waals surface area contributed by atoms with Gasteiger partial charge in [-0.05, 0) is 24.8 Å². The van der Waals surface area contributed by atoms with Crippen LogP contribution in [-0.4, -0.2) is 9.89 Å². The third kappa shape index (κ3) is 0.608. The van der Waals surface area contributed by atoms with Crippen molar-refractivity contribution in [2.75, 3.05) is 5.84 Å². The Balaban J connectivity index is 2.51. The molecule has 1 aliphatic rings. The molecule has 0 spiro atoms. The van der Waals surface area contributed by atoms with Crippen molar-refractivity contribution in [3.05, 3.63) is 17.5 Å². The summed E-state index contributed by atoms with van der Waals surface area (Å²) in [7, 11) is 0. The first-order chi connectivity index (χ1) is 4.36. The number of nitrogen functional groups attached to an aromatic ring is 1. The molecule has 1 heterocycles. The maximum absolute atomic E-state index is 5.39. The van der Waals surface area contributed by atoms with E-state index in [9.17, 15) is 0 Å². The highest BCUT2D eigenvalue weighted by atomic mass is 15.5. The third-order valence-electron chi connectivity index (χ3n) is 1.75. The normalized spacial score (nSPS) is 16.0.